The number of rotatable bonds is 9. The van der Waals surface area contributed by atoms with Crippen LogP contribution in [0.25, 0.3) is 93.9 Å². The monoisotopic (exact) mass is 840 g/mol. The van der Waals surface area contributed by atoms with Crippen LogP contribution in [0, 0.1) is 0 Å². The minimum Gasteiger partial charge on any atom is -0.310 e. The summed E-state index contributed by atoms with van der Waals surface area (Å²) in [5.41, 5.74) is 18.6. The lowest BCUT2D eigenvalue weighted by atomic mass is 9.93. The van der Waals surface area contributed by atoms with Crippen LogP contribution in [-0.4, -0.2) is 4.57 Å². The number of nitrogens with zero attached hydrogens (tertiary/aromatic N) is 2. The van der Waals surface area contributed by atoms with Gasteiger partial charge < -0.3 is 9.47 Å². The zero-order chi connectivity index (χ0) is 43.8. The first-order chi connectivity index (χ1) is 32.7. The molecule has 0 saturated carbocycles. The molecule has 66 heavy (non-hydrogen) atoms. The van der Waals surface area contributed by atoms with Gasteiger partial charge in [0.15, 0.2) is 0 Å². The molecule has 0 radical (unpaired) electrons. The quantitative estimate of drug-likeness (QED) is 0.141. The lowest BCUT2D eigenvalue weighted by Crippen LogP contribution is -2.11. The van der Waals surface area contributed by atoms with Crippen molar-refractivity contribution in [2.45, 2.75) is 0 Å². The van der Waals surface area contributed by atoms with Crippen LogP contribution >= 0.6 is 0 Å². The maximum absolute atomic E-state index is 2.43. The van der Waals surface area contributed by atoms with E-state index in [4.69, 9.17) is 0 Å². The first kappa shape index (κ1) is 38.9. The van der Waals surface area contributed by atoms with Crippen molar-refractivity contribution in [2.24, 2.45) is 0 Å². The third-order valence-electron chi connectivity index (χ3n) is 13.0. The summed E-state index contributed by atoms with van der Waals surface area (Å²) < 4.78 is 2.43. The molecule has 0 atom stereocenters. The summed E-state index contributed by atoms with van der Waals surface area (Å²) in [4.78, 5) is 2.42. The van der Waals surface area contributed by atoms with Gasteiger partial charge in [-0.15, -0.1) is 0 Å². The lowest BCUT2D eigenvalue weighted by molar-refractivity contribution is 1.18. The van der Waals surface area contributed by atoms with Crippen LogP contribution in [0.5, 0.6) is 0 Å². The van der Waals surface area contributed by atoms with Gasteiger partial charge in [-0.1, -0.05) is 206 Å². The van der Waals surface area contributed by atoms with E-state index in [1.807, 2.05) is 0 Å². The van der Waals surface area contributed by atoms with Gasteiger partial charge in [-0.3, -0.25) is 0 Å². The summed E-state index contributed by atoms with van der Waals surface area (Å²) in [7, 11) is 0. The van der Waals surface area contributed by atoms with Crippen molar-refractivity contribution in [3.63, 3.8) is 0 Å². The second kappa shape index (κ2) is 16.8. The van der Waals surface area contributed by atoms with Crippen LogP contribution in [0.4, 0.5) is 17.1 Å². The van der Waals surface area contributed by atoms with E-state index < -0.39 is 0 Å². The molecule has 0 bridgehead atoms. The number of para-hydroxylation sites is 3. The molecule has 0 aliphatic rings. The predicted octanol–water partition coefficient (Wildman–Crippen LogP) is 17.7. The maximum atomic E-state index is 2.43. The van der Waals surface area contributed by atoms with Crippen LogP contribution in [0.15, 0.2) is 267 Å². The summed E-state index contributed by atoms with van der Waals surface area (Å²) in [5, 5.41) is 4.99. The van der Waals surface area contributed by atoms with Crippen molar-refractivity contribution >= 4 is 49.6 Å². The van der Waals surface area contributed by atoms with Crippen molar-refractivity contribution in [2.75, 3.05) is 4.90 Å². The average molecular weight is 841 g/mol. The molecule has 12 aromatic rings. The highest BCUT2D eigenvalue weighted by atomic mass is 15.1. The Morgan fingerprint density at radius 1 is 0.258 bits per heavy atom. The first-order valence-electron chi connectivity index (χ1n) is 22.7. The fraction of sp³-hybridized carbons (Fsp3) is 0. The van der Waals surface area contributed by atoms with E-state index >= 15 is 0 Å². The highest BCUT2D eigenvalue weighted by molar-refractivity contribution is 6.10. The number of hydrogen-bond donors (Lipinski definition) is 0. The molecule has 11 aromatic carbocycles. The molecule has 0 aliphatic carbocycles. The van der Waals surface area contributed by atoms with Crippen molar-refractivity contribution in [1.82, 2.24) is 4.57 Å². The summed E-state index contributed by atoms with van der Waals surface area (Å²) >= 11 is 0. The third kappa shape index (κ3) is 7.02. The largest absolute Gasteiger partial charge is 0.310 e. The van der Waals surface area contributed by atoms with Crippen LogP contribution in [0.3, 0.4) is 0 Å². The van der Waals surface area contributed by atoms with E-state index in [-0.39, 0.29) is 0 Å². The summed E-state index contributed by atoms with van der Waals surface area (Å²) in [6.07, 6.45) is 0. The van der Waals surface area contributed by atoms with E-state index in [0.717, 1.165) is 39.4 Å². The van der Waals surface area contributed by atoms with Crippen molar-refractivity contribution in [3.8, 4) is 61.3 Å². The molecule has 0 amide bonds. The second-order valence-corrected chi connectivity index (χ2v) is 16.9. The van der Waals surface area contributed by atoms with Crippen molar-refractivity contribution < 1.29 is 0 Å². The number of anilines is 3. The van der Waals surface area contributed by atoms with Gasteiger partial charge >= 0.3 is 0 Å². The van der Waals surface area contributed by atoms with Gasteiger partial charge in [0.25, 0.3) is 0 Å². The van der Waals surface area contributed by atoms with Gasteiger partial charge in [0.2, 0.25) is 0 Å². The minimum absolute atomic E-state index is 1.07. The average Bonchev–Trinajstić information content (AvgIpc) is 3.74. The van der Waals surface area contributed by atoms with E-state index in [9.17, 15) is 0 Å². The Morgan fingerprint density at radius 2 is 0.697 bits per heavy atom. The lowest BCUT2D eigenvalue weighted by Gasteiger charge is -2.29. The van der Waals surface area contributed by atoms with Crippen LogP contribution in [0.1, 0.15) is 0 Å². The Kier molecular flexibility index (Phi) is 9.89. The van der Waals surface area contributed by atoms with E-state index in [2.05, 4.69) is 276 Å². The van der Waals surface area contributed by atoms with E-state index in [1.54, 1.807) is 0 Å². The summed E-state index contributed by atoms with van der Waals surface area (Å²) in [6.45, 7) is 0. The third-order valence-corrected chi connectivity index (χ3v) is 13.0. The summed E-state index contributed by atoms with van der Waals surface area (Å²) in [6, 6.07) is 96.9. The van der Waals surface area contributed by atoms with Gasteiger partial charge in [0.05, 0.1) is 22.4 Å². The maximum Gasteiger partial charge on any atom is 0.0541 e. The van der Waals surface area contributed by atoms with Gasteiger partial charge in [-0.2, -0.15) is 0 Å². The fourth-order valence-corrected chi connectivity index (χ4v) is 9.84. The van der Waals surface area contributed by atoms with Crippen molar-refractivity contribution in [1.29, 1.82) is 0 Å². The highest BCUT2D eigenvalue weighted by Gasteiger charge is 2.21. The normalized spacial score (nSPS) is 11.3. The molecule has 0 saturated heterocycles. The van der Waals surface area contributed by atoms with Crippen LogP contribution in [0.2, 0.25) is 0 Å². The number of hydrogen-bond acceptors (Lipinski definition) is 1. The second-order valence-electron chi connectivity index (χ2n) is 16.9. The molecular weight excluding hydrogens is 797 g/mol. The molecule has 310 valence electrons. The number of fused-ring (bicyclic) bond motifs is 4. The van der Waals surface area contributed by atoms with E-state index in [1.165, 1.54) is 71.5 Å². The molecular formula is C64H44N2. The Hall–Kier alpha value is -8.72. The molecule has 2 nitrogen and oxygen atoms in total. The topological polar surface area (TPSA) is 8.17 Å². The van der Waals surface area contributed by atoms with Crippen LogP contribution in [-0.2, 0) is 0 Å². The molecule has 1 aromatic heterocycles. The zero-order valence-electron chi connectivity index (χ0n) is 36.3. The number of benzene rings is 11. The minimum atomic E-state index is 1.07. The molecule has 0 aliphatic heterocycles. The Bertz CT molecular complexity index is 3630. The Labute approximate surface area is 385 Å². The molecule has 0 N–H and O–H groups in total. The Balaban J connectivity index is 1.01. The molecule has 12 rings (SSSR count). The first-order valence-corrected chi connectivity index (χ1v) is 22.7. The summed E-state index contributed by atoms with van der Waals surface area (Å²) in [5.74, 6) is 0. The van der Waals surface area contributed by atoms with E-state index in [0.29, 0.717) is 0 Å². The van der Waals surface area contributed by atoms with Gasteiger partial charge in [0, 0.05) is 33.3 Å². The standard InChI is InChI=1S/C64H44N2/c1-3-17-45(18-4-1)47-33-38-53(39-34-47)65(54-40-35-49(36-41-54)55-23-9-10-24-56(55)51-32-31-46-19-7-8-22-50(46)43-51)64-42-37-52(44-60(64)48-20-5-2-6-21-48)57-25-11-14-28-61(57)66-62-29-15-12-26-58(62)59-27-13-16-30-63(59)66/h1-44H. The highest BCUT2D eigenvalue weighted by Crippen LogP contribution is 2.45. The molecule has 1 heterocycles. The number of aromatic nitrogens is 1. The van der Waals surface area contributed by atoms with Crippen molar-refractivity contribution in [3.05, 3.63) is 267 Å². The SMILES string of the molecule is c1ccc(-c2ccc(N(c3ccc(-c4ccccc4-c4ccc5ccccc5c4)cc3)c3ccc(-c4ccccc4-n4c5ccccc5c5ccccc54)cc3-c3ccccc3)cc2)cc1. The molecule has 0 unspecified atom stereocenters. The van der Waals surface area contributed by atoms with Gasteiger partial charge in [0.1, 0.15) is 0 Å². The molecule has 0 fully saturated rings. The smallest absolute Gasteiger partial charge is 0.0541 e. The molecule has 2 heteroatoms. The fourth-order valence-electron chi connectivity index (χ4n) is 9.84. The molecule has 0 spiro atoms. The van der Waals surface area contributed by atoms with Crippen LogP contribution < -0.4 is 4.90 Å². The van der Waals surface area contributed by atoms with Gasteiger partial charge in [-0.05, 0) is 116 Å². The predicted molar refractivity (Wildman–Crippen MR) is 280 cm³/mol. The van der Waals surface area contributed by atoms with Gasteiger partial charge in [-0.25, -0.2) is 0 Å². The Morgan fingerprint density at radius 3 is 1.36 bits per heavy atom. The zero-order valence-corrected chi connectivity index (χ0v) is 36.3.